The van der Waals surface area contributed by atoms with Crippen molar-refractivity contribution in [2.75, 3.05) is 31.1 Å². The molecule has 1 aromatic heterocycles. The van der Waals surface area contributed by atoms with E-state index in [1.165, 1.54) is 0 Å². The molecule has 1 aliphatic carbocycles. The molecule has 1 aromatic rings. The summed E-state index contributed by atoms with van der Waals surface area (Å²) < 4.78 is 0. The molecule has 0 radical (unpaired) electrons. The number of aliphatic hydroxyl groups excluding tert-OH is 1. The van der Waals surface area contributed by atoms with Gasteiger partial charge in [0.25, 0.3) is 5.91 Å². The lowest BCUT2D eigenvalue weighted by Crippen LogP contribution is -2.63. The average molecular weight is 402 g/mol. The zero-order valence-corrected chi connectivity index (χ0v) is 18.2. The zero-order valence-electron chi connectivity index (χ0n) is 18.2. The molecule has 2 N–H and O–H groups in total. The van der Waals surface area contributed by atoms with Gasteiger partial charge in [0, 0.05) is 50.7 Å². The maximum absolute atomic E-state index is 12.7. The standard InChI is InChI=1S/C22H35N5O2/c1-21(2)14-22(3,4)19(21)25-18(29)15-11-23-20(24-12-15)26-8-5-16(6-9-26)27-10-7-17(28)13-27/h11-12,16-17,19,28H,5-10,13-14H2,1-4H3,(H,25,29). The Morgan fingerprint density at radius 1 is 1.07 bits per heavy atom. The van der Waals surface area contributed by atoms with Crippen molar-refractivity contribution in [2.45, 2.75) is 71.6 Å². The predicted octanol–water partition coefficient (Wildman–Crippen LogP) is 2.07. The normalized spacial score (nSPS) is 27.6. The van der Waals surface area contributed by atoms with Gasteiger partial charge in [0.05, 0.1) is 11.7 Å². The number of rotatable bonds is 4. The van der Waals surface area contributed by atoms with Crippen molar-refractivity contribution < 1.29 is 9.90 Å². The maximum Gasteiger partial charge on any atom is 0.254 e. The Morgan fingerprint density at radius 2 is 1.69 bits per heavy atom. The molecule has 160 valence electrons. The Bertz CT molecular complexity index is 726. The number of nitrogens with one attached hydrogen (secondary N) is 1. The molecule has 2 saturated heterocycles. The third-order valence-corrected chi connectivity index (χ3v) is 7.11. The number of aliphatic hydroxyl groups is 1. The number of hydrogen-bond acceptors (Lipinski definition) is 6. The lowest BCUT2D eigenvalue weighted by Gasteiger charge is -2.57. The molecule has 1 amide bonds. The van der Waals surface area contributed by atoms with Gasteiger partial charge in [-0.2, -0.15) is 0 Å². The van der Waals surface area contributed by atoms with Crippen LogP contribution in [0, 0.1) is 10.8 Å². The minimum absolute atomic E-state index is 0.0892. The van der Waals surface area contributed by atoms with Crippen LogP contribution >= 0.6 is 0 Å². The van der Waals surface area contributed by atoms with Crippen molar-refractivity contribution in [3.05, 3.63) is 18.0 Å². The van der Waals surface area contributed by atoms with Gasteiger partial charge >= 0.3 is 0 Å². The predicted molar refractivity (Wildman–Crippen MR) is 113 cm³/mol. The molecule has 0 bridgehead atoms. The molecule has 4 rings (SSSR count). The van der Waals surface area contributed by atoms with Crippen LogP contribution in [0.1, 0.15) is 63.7 Å². The highest BCUT2D eigenvalue weighted by Gasteiger charge is 2.53. The third kappa shape index (κ3) is 4.12. The molecule has 1 saturated carbocycles. The van der Waals surface area contributed by atoms with Gasteiger partial charge in [0.2, 0.25) is 5.95 Å². The summed E-state index contributed by atoms with van der Waals surface area (Å²) in [6.07, 6.45) is 7.26. The fraction of sp³-hybridized carbons (Fsp3) is 0.773. The topological polar surface area (TPSA) is 81.6 Å². The lowest BCUT2D eigenvalue weighted by atomic mass is 9.52. The van der Waals surface area contributed by atoms with E-state index < -0.39 is 0 Å². The Hall–Kier alpha value is -1.73. The molecule has 7 heteroatoms. The van der Waals surface area contributed by atoms with E-state index in [0.29, 0.717) is 17.6 Å². The summed E-state index contributed by atoms with van der Waals surface area (Å²) in [6.45, 7) is 12.4. The minimum atomic E-state index is -0.161. The van der Waals surface area contributed by atoms with Crippen LogP contribution in [0.25, 0.3) is 0 Å². The Balaban J connectivity index is 1.32. The Labute approximate surface area is 173 Å². The number of amides is 1. The fourth-order valence-corrected chi connectivity index (χ4v) is 6.04. The summed E-state index contributed by atoms with van der Waals surface area (Å²) in [5, 5.41) is 13.0. The van der Waals surface area contributed by atoms with Gasteiger partial charge in [-0.1, -0.05) is 27.7 Å². The highest BCUT2D eigenvalue weighted by Crippen LogP contribution is 2.53. The van der Waals surface area contributed by atoms with Crippen LogP contribution in [0.4, 0.5) is 5.95 Å². The molecule has 0 spiro atoms. The number of piperidine rings is 1. The molecule has 3 fully saturated rings. The van der Waals surface area contributed by atoms with Gasteiger partial charge in [0.15, 0.2) is 0 Å². The second-order valence-corrected chi connectivity index (χ2v) is 10.5. The largest absolute Gasteiger partial charge is 0.392 e. The summed E-state index contributed by atoms with van der Waals surface area (Å²) in [4.78, 5) is 26.3. The first-order valence-electron chi connectivity index (χ1n) is 11.0. The van der Waals surface area contributed by atoms with E-state index >= 15 is 0 Å². The number of hydrogen-bond donors (Lipinski definition) is 2. The number of carbonyl (C=O) groups is 1. The van der Waals surface area contributed by atoms with Crippen LogP contribution in [0.5, 0.6) is 0 Å². The van der Waals surface area contributed by atoms with E-state index in [1.54, 1.807) is 12.4 Å². The Kier molecular flexibility index (Phi) is 5.32. The third-order valence-electron chi connectivity index (χ3n) is 7.11. The molecule has 1 atom stereocenters. The van der Waals surface area contributed by atoms with Crippen molar-refractivity contribution in [1.82, 2.24) is 20.2 Å². The summed E-state index contributed by atoms with van der Waals surface area (Å²) in [5.41, 5.74) is 0.763. The maximum atomic E-state index is 12.7. The number of likely N-dealkylation sites (tertiary alicyclic amines) is 1. The molecule has 1 unspecified atom stereocenters. The molecular weight excluding hydrogens is 366 g/mol. The zero-order chi connectivity index (χ0) is 20.8. The number of anilines is 1. The quantitative estimate of drug-likeness (QED) is 0.804. The molecule has 29 heavy (non-hydrogen) atoms. The van der Waals surface area contributed by atoms with Gasteiger partial charge in [-0.05, 0) is 36.5 Å². The monoisotopic (exact) mass is 401 g/mol. The van der Waals surface area contributed by atoms with Crippen molar-refractivity contribution in [1.29, 1.82) is 0 Å². The molecular formula is C22H35N5O2. The van der Waals surface area contributed by atoms with Gasteiger partial charge in [-0.15, -0.1) is 0 Å². The van der Waals surface area contributed by atoms with Gasteiger partial charge in [-0.3, -0.25) is 9.69 Å². The first kappa shape index (κ1) is 20.5. The summed E-state index contributed by atoms with van der Waals surface area (Å²) in [5.74, 6) is 0.611. The van der Waals surface area contributed by atoms with Gasteiger partial charge < -0.3 is 15.3 Å². The molecule has 0 aromatic carbocycles. The Morgan fingerprint density at radius 3 is 2.21 bits per heavy atom. The number of carbonyl (C=O) groups excluding carboxylic acids is 1. The van der Waals surface area contributed by atoms with Crippen molar-refractivity contribution in [2.24, 2.45) is 10.8 Å². The lowest BCUT2D eigenvalue weighted by molar-refractivity contribution is -0.0366. The SMILES string of the molecule is CC1(C)CC(C)(C)C1NC(=O)c1cnc(N2CCC(N3CCC(O)C3)CC2)nc1. The minimum Gasteiger partial charge on any atom is -0.392 e. The van der Waals surface area contributed by atoms with Crippen LogP contribution in [0.3, 0.4) is 0 Å². The molecule has 3 heterocycles. The smallest absolute Gasteiger partial charge is 0.254 e. The molecule has 7 nitrogen and oxygen atoms in total. The van der Waals surface area contributed by atoms with E-state index in [2.05, 4.69) is 52.8 Å². The highest BCUT2D eigenvalue weighted by molar-refractivity contribution is 5.94. The highest BCUT2D eigenvalue weighted by atomic mass is 16.3. The summed E-state index contributed by atoms with van der Waals surface area (Å²) in [7, 11) is 0. The number of nitrogens with zero attached hydrogens (tertiary/aromatic N) is 4. The van der Waals surface area contributed by atoms with Crippen LogP contribution in [0.15, 0.2) is 12.4 Å². The van der Waals surface area contributed by atoms with E-state index in [9.17, 15) is 9.90 Å². The first-order valence-corrected chi connectivity index (χ1v) is 11.0. The summed E-state index contributed by atoms with van der Waals surface area (Å²) in [6, 6.07) is 0.702. The van der Waals surface area contributed by atoms with Crippen LogP contribution in [-0.2, 0) is 0 Å². The van der Waals surface area contributed by atoms with Crippen molar-refractivity contribution >= 4 is 11.9 Å². The molecule has 2 aliphatic heterocycles. The first-order chi connectivity index (χ1) is 13.7. The van der Waals surface area contributed by atoms with Crippen LogP contribution < -0.4 is 10.2 Å². The van der Waals surface area contributed by atoms with Gasteiger partial charge in [-0.25, -0.2) is 9.97 Å². The summed E-state index contributed by atoms with van der Waals surface area (Å²) >= 11 is 0. The van der Waals surface area contributed by atoms with Gasteiger partial charge in [0.1, 0.15) is 0 Å². The fourth-order valence-electron chi connectivity index (χ4n) is 6.04. The van der Waals surface area contributed by atoms with E-state index in [-0.39, 0.29) is 28.9 Å². The second-order valence-electron chi connectivity index (χ2n) is 10.5. The number of aromatic nitrogens is 2. The second kappa shape index (κ2) is 7.51. The number of β-amino-alcohol motifs (C(OH)–C–C–N with tert-alkyl or cyclic N) is 1. The van der Waals surface area contributed by atoms with Crippen molar-refractivity contribution in [3.63, 3.8) is 0 Å². The molecule has 3 aliphatic rings. The van der Waals surface area contributed by atoms with E-state index in [4.69, 9.17) is 0 Å². The van der Waals surface area contributed by atoms with Crippen molar-refractivity contribution in [3.8, 4) is 0 Å². The van der Waals surface area contributed by atoms with E-state index in [0.717, 1.165) is 51.9 Å². The van der Waals surface area contributed by atoms with Crippen LogP contribution in [0.2, 0.25) is 0 Å². The average Bonchev–Trinajstić information content (AvgIpc) is 3.11. The van der Waals surface area contributed by atoms with E-state index in [1.807, 2.05) is 0 Å². The van der Waals surface area contributed by atoms with Crippen LogP contribution in [-0.4, -0.2) is 70.2 Å².